The Bertz CT molecular complexity index is 623. The summed E-state index contributed by atoms with van der Waals surface area (Å²) in [5.41, 5.74) is -3.39. The molecule has 0 radical (unpaired) electrons. The second-order valence-corrected chi connectivity index (χ2v) is 5.59. The van der Waals surface area contributed by atoms with E-state index in [1.54, 1.807) is 0 Å². The molecule has 0 aromatic heterocycles. The molecule has 0 unspecified atom stereocenters. The van der Waals surface area contributed by atoms with Gasteiger partial charge in [-0.25, -0.2) is 0 Å². The van der Waals surface area contributed by atoms with Gasteiger partial charge in [0.2, 0.25) is 12.2 Å². The Kier molecular flexibility index (Phi) is 6.67. The Balaban J connectivity index is 3.13. The highest BCUT2D eigenvalue weighted by atomic mass is 19.4. The van der Waals surface area contributed by atoms with E-state index >= 15 is 0 Å². The predicted molar refractivity (Wildman–Crippen MR) is 80.6 cm³/mol. The van der Waals surface area contributed by atoms with Crippen LogP contribution in [-0.4, -0.2) is 12.5 Å². The van der Waals surface area contributed by atoms with Gasteiger partial charge in [-0.2, -0.15) is 31.6 Å². The topological polar surface area (TPSA) is 60.2 Å². The highest BCUT2D eigenvalue weighted by Gasteiger charge is 2.37. The number of halogens is 6. The molecule has 0 aliphatic carbocycles. The van der Waals surface area contributed by atoms with Crippen LogP contribution in [0.15, 0.2) is 23.2 Å². The van der Waals surface area contributed by atoms with Crippen LogP contribution in [0.4, 0.5) is 32.0 Å². The first kappa shape index (κ1) is 20.6. The minimum atomic E-state index is -4.95. The molecule has 25 heavy (non-hydrogen) atoms. The highest BCUT2D eigenvalue weighted by Crippen LogP contribution is 2.37. The van der Waals surface area contributed by atoms with E-state index in [4.69, 9.17) is 5.26 Å². The van der Waals surface area contributed by atoms with Gasteiger partial charge < -0.3 is 10.6 Å². The van der Waals surface area contributed by atoms with Crippen molar-refractivity contribution in [2.45, 2.75) is 32.6 Å². The van der Waals surface area contributed by atoms with Crippen molar-refractivity contribution >= 4 is 11.6 Å². The lowest BCUT2D eigenvalue weighted by molar-refractivity contribution is -0.143. The minimum Gasteiger partial charge on any atom is -0.355 e. The molecule has 0 aliphatic rings. The summed E-state index contributed by atoms with van der Waals surface area (Å²) in [4.78, 5) is 3.34. The van der Waals surface area contributed by atoms with E-state index in [-0.39, 0.29) is 12.0 Å². The number of anilines is 1. The normalized spacial score (nSPS) is 12.9. The Labute approximate surface area is 140 Å². The molecule has 0 spiro atoms. The third-order valence-electron chi connectivity index (χ3n) is 3.03. The molecule has 0 aliphatic heterocycles. The van der Waals surface area contributed by atoms with Crippen molar-refractivity contribution in [1.29, 1.82) is 5.26 Å². The fraction of sp³-hybridized carbons (Fsp3) is 0.467. The molecule has 0 saturated carbocycles. The first-order valence-corrected chi connectivity index (χ1v) is 7.20. The number of guanidine groups is 1. The standard InChI is InChI=1S/C15H16F6N4/c1-9(2)3-4-23-13(24-8-22)25-12-6-10(14(16,17)18)5-11(7-12)15(19,20)21/h5-7,9H,3-4H2,1-2H3,(H2,23,24,25). The predicted octanol–water partition coefficient (Wildman–Crippen LogP) is 4.61. The van der Waals surface area contributed by atoms with Gasteiger partial charge in [-0.3, -0.25) is 0 Å². The van der Waals surface area contributed by atoms with Gasteiger partial charge in [0, 0.05) is 12.2 Å². The number of alkyl halides is 6. The summed E-state index contributed by atoms with van der Waals surface area (Å²) in [5.74, 6) is 0.0804. The fourth-order valence-electron chi connectivity index (χ4n) is 1.80. The van der Waals surface area contributed by atoms with Gasteiger partial charge in [0.1, 0.15) is 0 Å². The summed E-state index contributed by atoms with van der Waals surface area (Å²) in [7, 11) is 0. The number of rotatable bonds is 4. The zero-order valence-electron chi connectivity index (χ0n) is 13.4. The van der Waals surface area contributed by atoms with Crippen LogP contribution in [0.1, 0.15) is 31.4 Å². The molecule has 1 rings (SSSR count). The van der Waals surface area contributed by atoms with Gasteiger partial charge in [0.15, 0.2) is 0 Å². The maximum Gasteiger partial charge on any atom is 0.416 e. The number of aliphatic imine (C=N–C) groups is 1. The molecule has 0 amide bonds. The first-order chi connectivity index (χ1) is 11.4. The Morgan fingerprint density at radius 2 is 1.60 bits per heavy atom. The first-order valence-electron chi connectivity index (χ1n) is 7.20. The molecule has 0 saturated heterocycles. The number of hydrogen-bond acceptors (Lipinski definition) is 2. The van der Waals surface area contributed by atoms with E-state index in [2.05, 4.69) is 15.6 Å². The molecule has 0 heterocycles. The van der Waals surface area contributed by atoms with Crippen molar-refractivity contribution in [3.05, 3.63) is 29.3 Å². The van der Waals surface area contributed by atoms with Crippen molar-refractivity contribution in [2.24, 2.45) is 10.9 Å². The molecular weight excluding hydrogens is 350 g/mol. The van der Waals surface area contributed by atoms with Crippen LogP contribution in [0.5, 0.6) is 0 Å². The largest absolute Gasteiger partial charge is 0.416 e. The molecule has 1 aromatic carbocycles. The van der Waals surface area contributed by atoms with E-state index in [1.165, 1.54) is 6.19 Å². The molecule has 0 atom stereocenters. The number of nitrogens with zero attached hydrogens (tertiary/aromatic N) is 2. The Hall–Kier alpha value is -2.44. The SMILES string of the molecule is CC(C)CCN/C(=N\C#N)Nc1cc(C(F)(F)F)cc(C(F)(F)F)c1. The zero-order valence-corrected chi connectivity index (χ0v) is 13.4. The van der Waals surface area contributed by atoms with Gasteiger partial charge in [0.05, 0.1) is 11.1 Å². The fourth-order valence-corrected chi connectivity index (χ4v) is 1.80. The number of nitrogens with one attached hydrogen (secondary N) is 2. The maximum absolute atomic E-state index is 12.8. The van der Waals surface area contributed by atoms with Gasteiger partial charge >= 0.3 is 12.4 Å². The number of benzene rings is 1. The van der Waals surface area contributed by atoms with Crippen LogP contribution in [0.3, 0.4) is 0 Å². The molecule has 138 valence electrons. The number of nitriles is 1. The minimum absolute atomic E-state index is 0.0263. The summed E-state index contributed by atoms with van der Waals surface area (Å²) < 4.78 is 76.9. The average Bonchev–Trinajstić information content (AvgIpc) is 2.45. The summed E-state index contributed by atoms with van der Waals surface area (Å²) in [6, 6.07) is 1.07. The van der Waals surface area contributed by atoms with Crippen LogP contribution in [-0.2, 0) is 12.4 Å². The van der Waals surface area contributed by atoms with Gasteiger partial charge in [0.25, 0.3) is 0 Å². The molecule has 1 aromatic rings. The van der Waals surface area contributed by atoms with E-state index in [1.807, 2.05) is 13.8 Å². The lowest BCUT2D eigenvalue weighted by atomic mass is 10.1. The molecular formula is C15H16F6N4. The summed E-state index contributed by atoms with van der Waals surface area (Å²) in [5, 5.41) is 13.6. The molecule has 0 fully saturated rings. The summed E-state index contributed by atoms with van der Waals surface area (Å²) in [6.45, 7) is 4.20. The molecule has 10 heteroatoms. The van der Waals surface area contributed by atoms with Crippen molar-refractivity contribution in [3.8, 4) is 6.19 Å². The summed E-state index contributed by atoms with van der Waals surface area (Å²) >= 11 is 0. The van der Waals surface area contributed by atoms with Crippen molar-refractivity contribution in [1.82, 2.24) is 5.32 Å². The smallest absolute Gasteiger partial charge is 0.355 e. The molecule has 0 bridgehead atoms. The molecule has 4 nitrogen and oxygen atoms in total. The van der Waals surface area contributed by atoms with Gasteiger partial charge in [-0.15, -0.1) is 4.99 Å². The van der Waals surface area contributed by atoms with Gasteiger partial charge in [-0.05, 0) is 30.5 Å². The van der Waals surface area contributed by atoms with Crippen LogP contribution in [0, 0.1) is 17.4 Å². The van der Waals surface area contributed by atoms with Crippen molar-refractivity contribution in [2.75, 3.05) is 11.9 Å². The van der Waals surface area contributed by atoms with Crippen LogP contribution in [0.2, 0.25) is 0 Å². The summed E-state index contributed by atoms with van der Waals surface area (Å²) in [6.07, 6.45) is -7.79. The second kappa shape index (κ2) is 8.09. The lowest BCUT2D eigenvalue weighted by Crippen LogP contribution is -2.32. The van der Waals surface area contributed by atoms with Crippen LogP contribution >= 0.6 is 0 Å². The van der Waals surface area contributed by atoms with Crippen LogP contribution in [0.25, 0.3) is 0 Å². The van der Waals surface area contributed by atoms with E-state index in [0.717, 1.165) is 0 Å². The molecule has 2 N–H and O–H groups in total. The van der Waals surface area contributed by atoms with E-state index in [9.17, 15) is 26.3 Å². The monoisotopic (exact) mass is 366 g/mol. The Morgan fingerprint density at radius 3 is 2.00 bits per heavy atom. The van der Waals surface area contributed by atoms with Crippen molar-refractivity contribution < 1.29 is 26.3 Å². The second-order valence-electron chi connectivity index (χ2n) is 5.59. The Morgan fingerprint density at radius 1 is 1.08 bits per heavy atom. The third-order valence-corrected chi connectivity index (χ3v) is 3.03. The zero-order chi connectivity index (χ0) is 19.3. The third kappa shape index (κ3) is 6.91. The van der Waals surface area contributed by atoms with Crippen LogP contribution < -0.4 is 10.6 Å². The van der Waals surface area contributed by atoms with E-state index in [0.29, 0.717) is 31.0 Å². The maximum atomic E-state index is 12.8. The van der Waals surface area contributed by atoms with E-state index < -0.39 is 29.2 Å². The quantitative estimate of drug-likeness (QED) is 0.354. The van der Waals surface area contributed by atoms with Gasteiger partial charge in [-0.1, -0.05) is 13.8 Å². The average molecular weight is 366 g/mol. The highest BCUT2D eigenvalue weighted by molar-refractivity contribution is 5.94. The number of hydrogen-bond donors (Lipinski definition) is 2. The van der Waals surface area contributed by atoms with Crippen molar-refractivity contribution in [3.63, 3.8) is 0 Å². The lowest BCUT2D eigenvalue weighted by Gasteiger charge is -2.16.